The highest BCUT2D eigenvalue weighted by molar-refractivity contribution is 5.74. The summed E-state index contributed by atoms with van der Waals surface area (Å²) in [4.78, 5) is 0. The number of benzene rings is 6. The first-order valence-corrected chi connectivity index (χ1v) is 19.2. The van der Waals surface area contributed by atoms with Gasteiger partial charge in [-0.25, -0.2) is 0 Å². The molecule has 0 nitrogen and oxygen atoms in total. The van der Waals surface area contributed by atoms with Gasteiger partial charge in [-0.15, -0.1) is 0 Å². The van der Waals surface area contributed by atoms with Crippen LogP contribution in [0.25, 0.3) is 33.4 Å². The molecule has 0 aliphatic heterocycles. The van der Waals surface area contributed by atoms with E-state index >= 15 is 0 Å². The lowest BCUT2D eigenvalue weighted by atomic mass is 9.64. The molecule has 6 aromatic rings. The summed E-state index contributed by atoms with van der Waals surface area (Å²) in [6.07, 6.45) is 13.6. The fourth-order valence-electron chi connectivity index (χ4n) is 8.15. The van der Waals surface area contributed by atoms with Gasteiger partial charge < -0.3 is 0 Å². The largest absolute Gasteiger partial charge is 0.0730 e. The molecule has 0 heteroatoms. The molecule has 0 aromatic heterocycles. The zero-order valence-electron chi connectivity index (χ0n) is 31.5. The maximum atomic E-state index is 2.38. The van der Waals surface area contributed by atoms with Crippen molar-refractivity contribution in [3.8, 4) is 22.3 Å². The third kappa shape index (κ3) is 6.95. The highest BCUT2D eigenvalue weighted by Gasteiger charge is 2.38. The molecule has 8 rings (SSSR count). The molecule has 260 valence electrons. The lowest BCUT2D eigenvalue weighted by Crippen LogP contribution is -2.31. The normalized spacial score (nSPS) is 14.6. The second-order valence-electron chi connectivity index (χ2n) is 15.2. The first kappa shape index (κ1) is 34.4. The van der Waals surface area contributed by atoms with Gasteiger partial charge in [-0.3, -0.25) is 0 Å². The van der Waals surface area contributed by atoms with Crippen LogP contribution in [-0.2, 0) is 5.41 Å². The van der Waals surface area contributed by atoms with Crippen molar-refractivity contribution in [2.75, 3.05) is 0 Å². The summed E-state index contributed by atoms with van der Waals surface area (Å²) in [6.45, 7) is 8.75. The van der Waals surface area contributed by atoms with Crippen molar-refractivity contribution < 1.29 is 0 Å². The van der Waals surface area contributed by atoms with Gasteiger partial charge in [-0.1, -0.05) is 192 Å². The second-order valence-corrected chi connectivity index (χ2v) is 15.2. The molecule has 0 N–H and O–H groups in total. The van der Waals surface area contributed by atoms with Crippen LogP contribution in [0.1, 0.15) is 84.0 Å². The molecule has 2 aliphatic carbocycles. The first-order valence-electron chi connectivity index (χ1n) is 19.2. The van der Waals surface area contributed by atoms with Crippen LogP contribution in [0, 0.1) is 13.8 Å². The number of hydrogen-bond acceptors (Lipinski definition) is 0. The van der Waals surface area contributed by atoms with E-state index in [1.807, 2.05) is 0 Å². The Kier molecular flexibility index (Phi) is 9.55. The van der Waals surface area contributed by atoms with E-state index in [1.54, 1.807) is 0 Å². The molecule has 0 atom stereocenters. The number of hydrogen-bond donors (Lipinski definition) is 0. The molecular weight excluding hydrogens is 637 g/mol. The number of allylic oxidation sites excluding steroid dienone is 8. The van der Waals surface area contributed by atoms with Crippen LogP contribution in [-0.4, -0.2) is 0 Å². The minimum Gasteiger partial charge on any atom is -0.0730 e. The van der Waals surface area contributed by atoms with E-state index in [0.29, 0.717) is 0 Å². The van der Waals surface area contributed by atoms with Crippen molar-refractivity contribution in [2.24, 2.45) is 0 Å². The Labute approximate surface area is 316 Å². The van der Waals surface area contributed by atoms with E-state index in [1.165, 1.54) is 89.1 Å². The van der Waals surface area contributed by atoms with Gasteiger partial charge in [0.1, 0.15) is 0 Å². The molecule has 0 heterocycles. The van der Waals surface area contributed by atoms with Gasteiger partial charge in [-0.2, -0.15) is 0 Å². The summed E-state index contributed by atoms with van der Waals surface area (Å²) in [5.74, 6) is 0. The van der Waals surface area contributed by atoms with Crippen molar-refractivity contribution in [1.82, 2.24) is 0 Å². The van der Waals surface area contributed by atoms with Gasteiger partial charge in [-0.05, 0) is 120 Å². The Balaban J connectivity index is 1.32. The molecule has 2 aliphatic rings. The summed E-state index contributed by atoms with van der Waals surface area (Å²) in [5.41, 5.74) is 20.3. The minimum atomic E-state index is -0.552. The van der Waals surface area contributed by atoms with Crippen molar-refractivity contribution in [3.05, 3.63) is 226 Å². The fraction of sp³-hybridized carbons (Fsp3) is 0.170. The maximum Gasteiger partial charge on any atom is 0.0701 e. The van der Waals surface area contributed by atoms with Crippen LogP contribution in [0.4, 0.5) is 0 Å². The van der Waals surface area contributed by atoms with E-state index in [0.717, 1.165) is 25.7 Å². The van der Waals surface area contributed by atoms with Gasteiger partial charge in [0.25, 0.3) is 0 Å². The van der Waals surface area contributed by atoms with Gasteiger partial charge in [0.2, 0.25) is 0 Å². The van der Waals surface area contributed by atoms with Gasteiger partial charge in [0, 0.05) is 0 Å². The number of aryl methyl sites for hydroxylation is 2. The Morgan fingerprint density at radius 3 is 0.811 bits per heavy atom. The average Bonchev–Trinajstić information content (AvgIpc) is 3.20. The van der Waals surface area contributed by atoms with Crippen LogP contribution in [0.15, 0.2) is 181 Å². The Hall–Kier alpha value is -5.72. The summed E-state index contributed by atoms with van der Waals surface area (Å²) in [7, 11) is 0. The SMILES string of the molecule is CC1=CC=C(c2ccc(C(c3ccc(C4=CC=C(C)CC4)cc3)(c3ccc(-c4ccc(C)cc4)cc3)c3ccc(-c4ccc(C)cc4)cc3)cc2)CC1. The zero-order chi connectivity index (χ0) is 36.4. The molecule has 0 amide bonds. The fourth-order valence-corrected chi connectivity index (χ4v) is 8.15. The van der Waals surface area contributed by atoms with Crippen LogP contribution in [0.5, 0.6) is 0 Å². The first-order chi connectivity index (χ1) is 25.9. The van der Waals surface area contributed by atoms with Gasteiger partial charge >= 0.3 is 0 Å². The van der Waals surface area contributed by atoms with Crippen molar-refractivity contribution in [3.63, 3.8) is 0 Å². The molecule has 0 saturated heterocycles. The monoisotopic (exact) mass is 684 g/mol. The van der Waals surface area contributed by atoms with Gasteiger partial charge in [0.15, 0.2) is 0 Å². The standard InChI is InChI=1S/C53H48/c1-37-5-13-41(14-6-37)45-21-29-49(30-22-45)53(50-31-23-46(24-32-50)42-15-7-38(2)8-16-42,51-33-25-47(26-34-51)43-17-9-39(3)10-18-43)52-35-27-48(28-36-52)44-19-11-40(4)12-20-44/h5-9,11,13-17,19,21-36H,10,12,18,20H2,1-4H3. The average molecular weight is 685 g/mol. The minimum absolute atomic E-state index is 0.552. The molecule has 0 radical (unpaired) electrons. The van der Waals surface area contributed by atoms with Crippen LogP contribution < -0.4 is 0 Å². The Morgan fingerprint density at radius 1 is 0.283 bits per heavy atom. The highest BCUT2D eigenvalue weighted by Crippen LogP contribution is 2.47. The second kappa shape index (κ2) is 14.7. The molecule has 0 unspecified atom stereocenters. The molecule has 6 aromatic carbocycles. The molecule has 0 spiro atoms. The van der Waals surface area contributed by atoms with Crippen molar-refractivity contribution >= 4 is 11.1 Å². The van der Waals surface area contributed by atoms with E-state index in [9.17, 15) is 0 Å². The molecule has 0 saturated carbocycles. The van der Waals surface area contributed by atoms with Crippen LogP contribution in [0.2, 0.25) is 0 Å². The summed E-state index contributed by atoms with van der Waals surface area (Å²) < 4.78 is 0. The van der Waals surface area contributed by atoms with Crippen molar-refractivity contribution in [1.29, 1.82) is 0 Å². The lowest BCUT2D eigenvalue weighted by molar-refractivity contribution is 0.745. The van der Waals surface area contributed by atoms with E-state index in [2.05, 4.69) is 198 Å². The highest BCUT2D eigenvalue weighted by atomic mass is 14.4. The third-order valence-corrected chi connectivity index (χ3v) is 11.5. The zero-order valence-corrected chi connectivity index (χ0v) is 31.5. The number of rotatable bonds is 8. The van der Waals surface area contributed by atoms with E-state index < -0.39 is 5.41 Å². The summed E-state index contributed by atoms with van der Waals surface area (Å²) in [6, 6.07) is 55.3. The Morgan fingerprint density at radius 2 is 0.547 bits per heavy atom. The van der Waals surface area contributed by atoms with E-state index in [-0.39, 0.29) is 0 Å². The van der Waals surface area contributed by atoms with E-state index in [4.69, 9.17) is 0 Å². The Bertz CT molecular complexity index is 2160. The lowest BCUT2D eigenvalue weighted by Gasteiger charge is -2.37. The summed E-state index contributed by atoms with van der Waals surface area (Å²) >= 11 is 0. The molecule has 53 heavy (non-hydrogen) atoms. The summed E-state index contributed by atoms with van der Waals surface area (Å²) in [5, 5.41) is 0. The quantitative estimate of drug-likeness (QED) is 0.140. The predicted molar refractivity (Wildman–Crippen MR) is 227 cm³/mol. The topological polar surface area (TPSA) is 0 Å². The molecule has 0 fully saturated rings. The van der Waals surface area contributed by atoms with Crippen LogP contribution in [0.3, 0.4) is 0 Å². The third-order valence-electron chi connectivity index (χ3n) is 11.5. The van der Waals surface area contributed by atoms with Crippen molar-refractivity contribution in [2.45, 2.75) is 58.8 Å². The van der Waals surface area contributed by atoms with Crippen LogP contribution >= 0.6 is 0 Å². The molecule has 0 bridgehead atoms. The smallest absolute Gasteiger partial charge is 0.0701 e. The molecular formula is C53H48. The maximum absolute atomic E-state index is 2.38. The predicted octanol–water partition coefficient (Wildman–Crippen LogP) is 14.3. The van der Waals surface area contributed by atoms with Gasteiger partial charge in [0.05, 0.1) is 5.41 Å².